The molecule has 0 aliphatic rings. The summed E-state index contributed by atoms with van der Waals surface area (Å²) in [6, 6.07) is 9.31. The van der Waals surface area contributed by atoms with Gasteiger partial charge in [-0.3, -0.25) is 9.78 Å². The van der Waals surface area contributed by atoms with E-state index in [9.17, 15) is 4.79 Å². The molecule has 0 aliphatic heterocycles. The monoisotopic (exact) mass is 276 g/mol. The smallest absolute Gasteiger partial charge is 0.252 e. The van der Waals surface area contributed by atoms with Gasteiger partial charge in [-0.15, -0.1) is 11.6 Å². The van der Waals surface area contributed by atoms with Crippen molar-refractivity contribution in [3.05, 3.63) is 42.1 Å². The van der Waals surface area contributed by atoms with Crippen LogP contribution in [0.15, 0.2) is 36.5 Å². The highest BCUT2D eigenvalue weighted by Gasteiger charge is 2.21. The normalized spacial score (nSPS) is 11.5. The average molecular weight is 277 g/mol. The van der Waals surface area contributed by atoms with Gasteiger partial charge in [0, 0.05) is 28.6 Å². The predicted octanol–water partition coefficient (Wildman–Crippen LogP) is 3.37. The van der Waals surface area contributed by atoms with E-state index in [-0.39, 0.29) is 11.4 Å². The molecule has 0 unspecified atom stereocenters. The molecule has 0 saturated carbocycles. The van der Waals surface area contributed by atoms with Crippen molar-refractivity contribution in [1.82, 2.24) is 10.3 Å². The van der Waals surface area contributed by atoms with Crippen molar-refractivity contribution in [2.75, 3.05) is 5.88 Å². The largest absolute Gasteiger partial charge is 0.347 e. The van der Waals surface area contributed by atoms with E-state index < -0.39 is 0 Å². The van der Waals surface area contributed by atoms with Gasteiger partial charge in [0.1, 0.15) is 0 Å². The van der Waals surface area contributed by atoms with Gasteiger partial charge >= 0.3 is 0 Å². The highest BCUT2D eigenvalue weighted by molar-refractivity contribution is 6.17. The van der Waals surface area contributed by atoms with Crippen molar-refractivity contribution in [2.24, 2.45) is 0 Å². The number of aromatic nitrogens is 1. The molecule has 3 nitrogen and oxygen atoms in total. The summed E-state index contributed by atoms with van der Waals surface area (Å²) < 4.78 is 0. The Labute approximate surface area is 118 Å². The van der Waals surface area contributed by atoms with Crippen LogP contribution in [-0.2, 0) is 0 Å². The number of pyridine rings is 1. The number of hydrogen-bond acceptors (Lipinski definition) is 2. The molecule has 19 heavy (non-hydrogen) atoms. The lowest BCUT2D eigenvalue weighted by molar-refractivity contribution is 0.0913. The molecular weight excluding hydrogens is 260 g/mol. The van der Waals surface area contributed by atoms with Gasteiger partial charge in [-0.05, 0) is 38.5 Å². The number of nitrogens with zero attached hydrogens (tertiary/aromatic N) is 1. The van der Waals surface area contributed by atoms with Crippen molar-refractivity contribution < 1.29 is 4.79 Å². The first kappa shape index (κ1) is 13.8. The second kappa shape index (κ2) is 5.57. The maximum atomic E-state index is 12.4. The van der Waals surface area contributed by atoms with Crippen LogP contribution in [0.1, 0.15) is 30.6 Å². The zero-order valence-corrected chi connectivity index (χ0v) is 11.9. The summed E-state index contributed by atoms with van der Waals surface area (Å²) in [4.78, 5) is 16.6. The second-order valence-electron chi connectivity index (χ2n) is 5.15. The van der Waals surface area contributed by atoms with Crippen LogP contribution in [0.2, 0.25) is 0 Å². The molecular formula is C15H17ClN2O. The van der Waals surface area contributed by atoms with E-state index in [1.54, 1.807) is 6.20 Å². The van der Waals surface area contributed by atoms with E-state index in [2.05, 4.69) is 10.3 Å². The summed E-state index contributed by atoms with van der Waals surface area (Å²) in [6.07, 6.45) is 2.45. The molecule has 0 aliphatic carbocycles. The number of amides is 1. The molecule has 1 heterocycles. The zero-order chi connectivity index (χ0) is 13.9. The molecule has 1 aromatic carbocycles. The number of nitrogens with one attached hydrogen (secondary N) is 1. The average Bonchev–Trinajstić information content (AvgIpc) is 2.37. The first-order valence-electron chi connectivity index (χ1n) is 6.26. The third kappa shape index (κ3) is 3.24. The molecule has 0 radical (unpaired) electrons. The Hall–Kier alpha value is -1.61. The third-order valence-corrected chi connectivity index (χ3v) is 3.25. The number of hydrogen-bond donors (Lipinski definition) is 1. The molecule has 0 bridgehead atoms. The maximum Gasteiger partial charge on any atom is 0.252 e. The van der Waals surface area contributed by atoms with Crippen molar-refractivity contribution in [3.63, 3.8) is 0 Å². The molecule has 4 heteroatoms. The van der Waals surface area contributed by atoms with Crippen LogP contribution in [0.5, 0.6) is 0 Å². The van der Waals surface area contributed by atoms with Crippen molar-refractivity contribution in [3.8, 4) is 0 Å². The van der Waals surface area contributed by atoms with Crippen molar-refractivity contribution in [2.45, 2.75) is 25.8 Å². The summed E-state index contributed by atoms with van der Waals surface area (Å²) in [5, 5.41) is 3.88. The van der Waals surface area contributed by atoms with Crippen LogP contribution >= 0.6 is 11.6 Å². The number of carbonyl (C=O) groups is 1. The first-order chi connectivity index (χ1) is 9.03. The fourth-order valence-corrected chi connectivity index (χ4v) is 2.45. The number of carbonyl (C=O) groups excluding carboxylic acids is 1. The van der Waals surface area contributed by atoms with Crippen LogP contribution < -0.4 is 5.32 Å². The summed E-state index contributed by atoms with van der Waals surface area (Å²) >= 11 is 5.75. The molecule has 0 spiro atoms. The minimum absolute atomic E-state index is 0.0892. The van der Waals surface area contributed by atoms with E-state index in [4.69, 9.17) is 11.6 Å². The van der Waals surface area contributed by atoms with E-state index in [0.29, 0.717) is 11.4 Å². The van der Waals surface area contributed by atoms with Gasteiger partial charge in [-0.1, -0.05) is 12.1 Å². The van der Waals surface area contributed by atoms with Crippen LogP contribution in [-0.4, -0.2) is 22.3 Å². The van der Waals surface area contributed by atoms with Crippen LogP contribution in [0, 0.1) is 0 Å². The zero-order valence-electron chi connectivity index (χ0n) is 11.1. The molecule has 0 fully saturated rings. The lowest BCUT2D eigenvalue weighted by Gasteiger charge is -2.25. The molecule has 0 saturated heterocycles. The Morgan fingerprint density at radius 3 is 2.84 bits per heavy atom. The number of rotatable bonds is 4. The number of benzene rings is 1. The van der Waals surface area contributed by atoms with Crippen LogP contribution in [0.25, 0.3) is 10.9 Å². The topological polar surface area (TPSA) is 42.0 Å². The van der Waals surface area contributed by atoms with Gasteiger partial charge in [-0.2, -0.15) is 0 Å². The minimum atomic E-state index is -0.316. The Bertz CT molecular complexity index is 590. The van der Waals surface area contributed by atoms with E-state index in [0.717, 1.165) is 17.3 Å². The second-order valence-corrected chi connectivity index (χ2v) is 5.53. The molecule has 1 N–H and O–H groups in total. The van der Waals surface area contributed by atoms with Crippen LogP contribution in [0.3, 0.4) is 0 Å². The third-order valence-electron chi connectivity index (χ3n) is 3.06. The minimum Gasteiger partial charge on any atom is -0.347 e. The summed E-state index contributed by atoms with van der Waals surface area (Å²) in [6.45, 7) is 3.94. The summed E-state index contributed by atoms with van der Waals surface area (Å²) in [5.41, 5.74) is 1.15. The Morgan fingerprint density at radius 1 is 1.32 bits per heavy atom. The summed E-state index contributed by atoms with van der Waals surface area (Å²) in [7, 11) is 0. The standard InChI is InChI=1S/C15H17ClN2O/c1-15(2,8-9-16)18-14(19)12-5-3-7-13-11(12)6-4-10-17-13/h3-7,10H,8-9H2,1-2H3,(H,18,19). The SMILES string of the molecule is CC(C)(CCCl)NC(=O)c1cccc2ncccc12. The molecule has 1 aromatic heterocycles. The predicted molar refractivity (Wildman–Crippen MR) is 78.6 cm³/mol. The molecule has 1 amide bonds. The van der Waals surface area contributed by atoms with Gasteiger partial charge < -0.3 is 5.32 Å². The van der Waals surface area contributed by atoms with Gasteiger partial charge in [0.25, 0.3) is 5.91 Å². The number of fused-ring (bicyclic) bond motifs is 1. The fourth-order valence-electron chi connectivity index (χ4n) is 1.97. The van der Waals surface area contributed by atoms with Crippen molar-refractivity contribution in [1.29, 1.82) is 0 Å². The number of alkyl halides is 1. The van der Waals surface area contributed by atoms with Crippen molar-refractivity contribution >= 4 is 28.4 Å². The van der Waals surface area contributed by atoms with E-state index >= 15 is 0 Å². The first-order valence-corrected chi connectivity index (χ1v) is 6.79. The van der Waals surface area contributed by atoms with Gasteiger partial charge in [-0.25, -0.2) is 0 Å². The van der Waals surface area contributed by atoms with Gasteiger partial charge in [0.15, 0.2) is 0 Å². The summed E-state index contributed by atoms with van der Waals surface area (Å²) in [5.74, 6) is 0.429. The van der Waals surface area contributed by atoms with Gasteiger partial charge in [0.05, 0.1) is 5.52 Å². The van der Waals surface area contributed by atoms with Crippen LogP contribution in [0.4, 0.5) is 0 Å². The fraction of sp³-hybridized carbons (Fsp3) is 0.333. The Balaban J connectivity index is 2.32. The lowest BCUT2D eigenvalue weighted by Crippen LogP contribution is -2.43. The van der Waals surface area contributed by atoms with E-state index in [1.807, 2.05) is 44.2 Å². The van der Waals surface area contributed by atoms with E-state index in [1.165, 1.54) is 0 Å². The number of halogens is 1. The molecule has 100 valence electrons. The highest BCUT2D eigenvalue weighted by Crippen LogP contribution is 2.18. The Kier molecular flexibility index (Phi) is 4.05. The van der Waals surface area contributed by atoms with Gasteiger partial charge in [0.2, 0.25) is 0 Å². The maximum absolute atomic E-state index is 12.4. The highest BCUT2D eigenvalue weighted by atomic mass is 35.5. The molecule has 2 aromatic rings. The quantitative estimate of drug-likeness (QED) is 0.870. The lowest BCUT2D eigenvalue weighted by atomic mass is 10.00. The Morgan fingerprint density at radius 2 is 2.11 bits per heavy atom. The molecule has 0 atom stereocenters. The molecule has 2 rings (SSSR count).